The molecule has 0 aliphatic rings. The van der Waals surface area contributed by atoms with Crippen molar-refractivity contribution >= 4 is 35.0 Å². The van der Waals surface area contributed by atoms with Crippen LogP contribution in [0.4, 0.5) is 0 Å². The second-order valence-electron chi connectivity index (χ2n) is 5.45. The maximum atomic E-state index is 10.4. The van der Waals surface area contributed by atoms with E-state index in [1.165, 1.54) is 0 Å². The van der Waals surface area contributed by atoms with E-state index in [1.807, 2.05) is 55.5 Å². The summed E-state index contributed by atoms with van der Waals surface area (Å²) in [7, 11) is 0. The van der Waals surface area contributed by atoms with E-state index in [4.69, 9.17) is 23.2 Å². The predicted octanol–water partition coefficient (Wildman–Crippen LogP) is 4.63. The van der Waals surface area contributed by atoms with Crippen molar-refractivity contribution in [2.45, 2.75) is 24.0 Å². The third-order valence-corrected chi connectivity index (χ3v) is 5.25. The van der Waals surface area contributed by atoms with Crippen LogP contribution < -0.4 is 5.32 Å². The summed E-state index contributed by atoms with van der Waals surface area (Å²) in [5, 5.41) is 15.2. The Morgan fingerprint density at radius 2 is 1.77 bits per heavy atom. The standard InChI is InChI=1S/C17H19Cl2NOS/c1-17(21,12-22-16-5-3-2-4-15(16)19)11-20-10-13-6-8-14(18)9-7-13/h2-9,20-21H,10-12H2,1H3/t17-/m1/s1. The molecule has 0 aliphatic heterocycles. The number of aliphatic hydroxyl groups is 1. The summed E-state index contributed by atoms with van der Waals surface area (Å²) in [5.41, 5.74) is 0.329. The number of benzene rings is 2. The molecule has 2 N–H and O–H groups in total. The van der Waals surface area contributed by atoms with E-state index in [0.717, 1.165) is 20.5 Å². The molecule has 0 saturated heterocycles. The molecule has 0 heterocycles. The minimum Gasteiger partial charge on any atom is -0.388 e. The highest BCUT2D eigenvalue weighted by Gasteiger charge is 2.20. The van der Waals surface area contributed by atoms with E-state index in [-0.39, 0.29) is 0 Å². The lowest BCUT2D eigenvalue weighted by atomic mass is 10.1. The van der Waals surface area contributed by atoms with Crippen molar-refractivity contribution in [3.8, 4) is 0 Å². The largest absolute Gasteiger partial charge is 0.388 e. The molecular formula is C17H19Cl2NOS. The van der Waals surface area contributed by atoms with Crippen molar-refractivity contribution in [2.24, 2.45) is 0 Å². The molecule has 0 unspecified atom stereocenters. The molecule has 1 atom stereocenters. The Morgan fingerprint density at radius 3 is 2.45 bits per heavy atom. The first-order chi connectivity index (χ1) is 10.5. The van der Waals surface area contributed by atoms with Gasteiger partial charge < -0.3 is 10.4 Å². The monoisotopic (exact) mass is 355 g/mol. The lowest BCUT2D eigenvalue weighted by Gasteiger charge is -2.23. The number of rotatable bonds is 7. The minimum absolute atomic E-state index is 0.507. The SMILES string of the molecule is C[C@@](O)(CNCc1ccc(Cl)cc1)CSc1ccccc1Cl. The van der Waals surface area contributed by atoms with Crippen molar-refractivity contribution in [1.82, 2.24) is 5.32 Å². The molecule has 0 bridgehead atoms. The van der Waals surface area contributed by atoms with Crippen molar-refractivity contribution in [3.05, 3.63) is 64.1 Å². The molecule has 5 heteroatoms. The Hall–Kier alpha value is -0.710. The predicted molar refractivity (Wildman–Crippen MR) is 96.0 cm³/mol. The van der Waals surface area contributed by atoms with Gasteiger partial charge in [0.2, 0.25) is 0 Å². The van der Waals surface area contributed by atoms with Gasteiger partial charge >= 0.3 is 0 Å². The molecule has 22 heavy (non-hydrogen) atoms. The highest BCUT2D eigenvalue weighted by atomic mass is 35.5. The van der Waals surface area contributed by atoms with Gasteiger partial charge in [0.05, 0.1) is 10.6 Å². The molecular weight excluding hydrogens is 337 g/mol. The van der Waals surface area contributed by atoms with Gasteiger partial charge in [-0.05, 0) is 36.8 Å². The normalized spacial score (nSPS) is 13.8. The highest BCUT2D eigenvalue weighted by Crippen LogP contribution is 2.29. The van der Waals surface area contributed by atoms with Crippen molar-refractivity contribution in [2.75, 3.05) is 12.3 Å². The van der Waals surface area contributed by atoms with E-state index in [2.05, 4.69) is 5.32 Å². The Bertz CT molecular complexity index is 602. The van der Waals surface area contributed by atoms with E-state index in [1.54, 1.807) is 11.8 Å². The van der Waals surface area contributed by atoms with Crippen LogP contribution in [-0.4, -0.2) is 23.0 Å². The molecule has 0 aliphatic carbocycles. The Labute approximate surface area is 145 Å². The Kier molecular flexibility index (Phi) is 6.60. The molecule has 0 spiro atoms. The molecule has 2 rings (SSSR count). The quantitative estimate of drug-likeness (QED) is 0.710. The highest BCUT2D eigenvalue weighted by molar-refractivity contribution is 7.99. The molecule has 0 radical (unpaired) electrons. The fraction of sp³-hybridized carbons (Fsp3) is 0.294. The van der Waals surface area contributed by atoms with Gasteiger partial charge in [-0.1, -0.05) is 47.5 Å². The van der Waals surface area contributed by atoms with Gasteiger partial charge in [0, 0.05) is 28.8 Å². The number of hydrogen-bond donors (Lipinski definition) is 2. The summed E-state index contributed by atoms with van der Waals surface area (Å²) >= 11 is 13.5. The smallest absolute Gasteiger partial charge is 0.0837 e. The number of halogens is 2. The van der Waals surface area contributed by atoms with Crippen LogP contribution in [0, 0.1) is 0 Å². The van der Waals surface area contributed by atoms with Gasteiger partial charge in [-0.3, -0.25) is 0 Å². The maximum absolute atomic E-state index is 10.4. The average Bonchev–Trinajstić information content (AvgIpc) is 2.48. The van der Waals surface area contributed by atoms with Gasteiger partial charge in [-0.2, -0.15) is 0 Å². The summed E-state index contributed by atoms with van der Waals surface area (Å²) in [4.78, 5) is 0.988. The zero-order chi connectivity index (χ0) is 16.0. The molecule has 0 saturated carbocycles. The summed E-state index contributed by atoms with van der Waals surface area (Å²) in [5.74, 6) is 0.574. The molecule has 118 valence electrons. The van der Waals surface area contributed by atoms with Crippen LogP contribution in [0.15, 0.2) is 53.4 Å². The Morgan fingerprint density at radius 1 is 1.09 bits per heavy atom. The second kappa shape index (κ2) is 8.23. The maximum Gasteiger partial charge on any atom is 0.0837 e. The summed E-state index contributed by atoms with van der Waals surface area (Å²) < 4.78 is 0. The van der Waals surface area contributed by atoms with Gasteiger partial charge in [0.1, 0.15) is 0 Å². The average molecular weight is 356 g/mol. The summed E-state index contributed by atoms with van der Waals surface area (Å²) in [6.45, 7) is 3.03. The van der Waals surface area contributed by atoms with E-state index < -0.39 is 5.60 Å². The van der Waals surface area contributed by atoms with Gasteiger partial charge in [0.25, 0.3) is 0 Å². The molecule has 2 nitrogen and oxygen atoms in total. The second-order valence-corrected chi connectivity index (χ2v) is 7.31. The van der Waals surface area contributed by atoms with Gasteiger partial charge in [0.15, 0.2) is 0 Å². The molecule has 2 aromatic carbocycles. The number of hydrogen-bond acceptors (Lipinski definition) is 3. The third kappa shape index (κ3) is 5.82. The van der Waals surface area contributed by atoms with Crippen LogP contribution in [0.5, 0.6) is 0 Å². The van der Waals surface area contributed by atoms with Crippen LogP contribution in [0.2, 0.25) is 10.0 Å². The number of nitrogens with one attached hydrogen (secondary N) is 1. The van der Waals surface area contributed by atoms with Crippen LogP contribution in [0.3, 0.4) is 0 Å². The first-order valence-corrected chi connectivity index (χ1v) is 8.75. The van der Waals surface area contributed by atoms with Crippen LogP contribution in [0.1, 0.15) is 12.5 Å². The first-order valence-electron chi connectivity index (χ1n) is 7.01. The van der Waals surface area contributed by atoms with Gasteiger partial charge in [-0.25, -0.2) is 0 Å². The fourth-order valence-electron chi connectivity index (χ4n) is 1.92. The van der Waals surface area contributed by atoms with Crippen LogP contribution >= 0.6 is 35.0 Å². The molecule has 0 aromatic heterocycles. The molecule has 0 amide bonds. The zero-order valence-corrected chi connectivity index (χ0v) is 14.7. The number of thioether (sulfide) groups is 1. The minimum atomic E-state index is -0.809. The van der Waals surface area contributed by atoms with Crippen LogP contribution in [-0.2, 0) is 6.54 Å². The molecule has 0 fully saturated rings. The van der Waals surface area contributed by atoms with Crippen LogP contribution in [0.25, 0.3) is 0 Å². The topological polar surface area (TPSA) is 32.3 Å². The first kappa shape index (κ1) is 17.6. The van der Waals surface area contributed by atoms with E-state index in [0.29, 0.717) is 18.8 Å². The fourth-order valence-corrected chi connectivity index (χ4v) is 3.30. The lowest BCUT2D eigenvalue weighted by molar-refractivity contribution is 0.0845. The third-order valence-electron chi connectivity index (χ3n) is 3.12. The summed E-state index contributed by atoms with van der Waals surface area (Å²) in [6.07, 6.45) is 0. The van der Waals surface area contributed by atoms with Crippen molar-refractivity contribution < 1.29 is 5.11 Å². The molecule has 2 aromatic rings. The lowest BCUT2D eigenvalue weighted by Crippen LogP contribution is -2.39. The van der Waals surface area contributed by atoms with Gasteiger partial charge in [-0.15, -0.1) is 11.8 Å². The Balaban J connectivity index is 1.78. The van der Waals surface area contributed by atoms with E-state index in [9.17, 15) is 5.11 Å². The zero-order valence-electron chi connectivity index (χ0n) is 12.4. The van der Waals surface area contributed by atoms with E-state index >= 15 is 0 Å². The summed E-state index contributed by atoms with van der Waals surface area (Å²) in [6, 6.07) is 15.3. The van der Waals surface area contributed by atoms with Crippen molar-refractivity contribution in [1.29, 1.82) is 0 Å². The van der Waals surface area contributed by atoms with Crippen molar-refractivity contribution in [3.63, 3.8) is 0 Å².